The molecule has 0 bridgehead atoms. The lowest BCUT2D eigenvalue weighted by Gasteiger charge is -2.24. The quantitative estimate of drug-likeness (QED) is 0.866. The molecule has 2 aromatic carbocycles. The summed E-state index contributed by atoms with van der Waals surface area (Å²) in [5.74, 6) is 0.547. The van der Waals surface area contributed by atoms with Crippen molar-refractivity contribution >= 4 is 16.8 Å². The predicted octanol–water partition coefficient (Wildman–Crippen LogP) is 3.42. The average molecular weight is 343 g/mol. The van der Waals surface area contributed by atoms with Gasteiger partial charge in [0, 0.05) is 11.1 Å². The lowest BCUT2D eigenvalue weighted by molar-refractivity contribution is 0.0787. The van der Waals surface area contributed by atoms with Gasteiger partial charge < -0.3 is 4.74 Å². The number of rotatable bonds is 4. The van der Waals surface area contributed by atoms with Crippen molar-refractivity contribution < 1.29 is 13.7 Å². The number of carbonyl (C=O) groups excluding carboxylic acids is 1. The molecule has 2 aromatic rings. The number of carbonyl (C=O) groups is 1. The minimum atomic E-state index is -1.31. The molecule has 0 aliphatic carbocycles. The zero-order valence-electron chi connectivity index (χ0n) is 14.0. The third-order valence-corrected chi connectivity index (χ3v) is 5.50. The van der Waals surface area contributed by atoms with Crippen molar-refractivity contribution in [2.24, 2.45) is 0 Å². The first-order chi connectivity index (χ1) is 11.4. The van der Waals surface area contributed by atoms with Gasteiger partial charge in [-0.1, -0.05) is 48.5 Å². The zero-order chi connectivity index (χ0) is 17.3. The molecular weight excluding hydrogens is 322 g/mol. The van der Waals surface area contributed by atoms with Crippen LogP contribution in [-0.4, -0.2) is 20.8 Å². The van der Waals surface area contributed by atoms with E-state index in [-0.39, 0.29) is 5.78 Å². The summed E-state index contributed by atoms with van der Waals surface area (Å²) in [6, 6.07) is 16.1. The second-order valence-corrected chi connectivity index (χ2v) is 8.78. The van der Waals surface area contributed by atoms with Gasteiger partial charge in [0.15, 0.2) is 6.10 Å². The number of fused-ring (bicyclic) bond motifs is 1. The van der Waals surface area contributed by atoms with Gasteiger partial charge in [0.2, 0.25) is 5.78 Å². The number of Topliss-reactive ketones (excluding diaryl/α,β-unsaturated/α-hetero) is 1. The van der Waals surface area contributed by atoms with E-state index in [9.17, 15) is 9.00 Å². The highest BCUT2D eigenvalue weighted by atomic mass is 32.2. The Morgan fingerprint density at radius 1 is 1.04 bits per heavy atom. The molecule has 0 saturated carbocycles. The molecule has 0 unspecified atom stereocenters. The molecule has 1 aliphatic heterocycles. The second-order valence-electron chi connectivity index (χ2n) is 6.78. The fraction of sp³-hybridized carbons (Fsp3) is 0.316. The van der Waals surface area contributed by atoms with Gasteiger partial charge in [-0.3, -0.25) is 4.79 Å². The fourth-order valence-electron chi connectivity index (χ4n) is 2.60. The molecule has 1 N–H and O–H groups in total. The van der Waals surface area contributed by atoms with Crippen LogP contribution in [0.5, 0.6) is 5.75 Å². The summed E-state index contributed by atoms with van der Waals surface area (Å²) < 4.78 is 21.1. The lowest BCUT2D eigenvalue weighted by atomic mass is 9.98. The molecule has 4 nitrogen and oxygen atoms in total. The number of para-hydroxylation sites is 1. The highest BCUT2D eigenvalue weighted by Gasteiger charge is 2.41. The second kappa shape index (κ2) is 6.49. The van der Waals surface area contributed by atoms with Crippen LogP contribution in [-0.2, 0) is 11.0 Å². The summed E-state index contributed by atoms with van der Waals surface area (Å²) in [4.78, 5) is 12.9. The molecule has 126 valence electrons. The third-order valence-electron chi connectivity index (χ3n) is 3.92. The van der Waals surface area contributed by atoms with Crippen molar-refractivity contribution in [1.29, 1.82) is 0 Å². The van der Waals surface area contributed by atoms with E-state index in [1.54, 1.807) is 12.1 Å². The maximum Gasteiger partial charge on any atom is 0.205 e. The highest BCUT2D eigenvalue weighted by Crippen LogP contribution is 2.38. The number of hydrogen-bond donors (Lipinski definition) is 1. The summed E-state index contributed by atoms with van der Waals surface area (Å²) in [6.07, 6.45) is -0.726. The smallest absolute Gasteiger partial charge is 0.205 e. The van der Waals surface area contributed by atoms with Crippen LogP contribution in [0.4, 0.5) is 0 Å². The van der Waals surface area contributed by atoms with Crippen molar-refractivity contribution in [3.63, 3.8) is 0 Å². The maximum atomic E-state index is 12.9. The van der Waals surface area contributed by atoms with E-state index >= 15 is 0 Å². The number of benzene rings is 2. The van der Waals surface area contributed by atoms with Gasteiger partial charge in [-0.05, 0) is 26.8 Å². The topological polar surface area (TPSA) is 55.4 Å². The Hall–Kier alpha value is -1.98. The van der Waals surface area contributed by atoms with E-state index in [2.05, 4.69) is 4.72 Å². The van der Waals surface area contributed by atoms with Crippen molar-refractivity contribution in [3.05, 3.63) is 65.7 Å². The highest BCUT2D eigenvalue weighted by molar-refractivity contribution is 7.84. The van der Waals surface area contributed by atoms with E-state index < -0.39 is 27.9 Å². The molecule has 1 aliphatic rings. The SMILES string of the molecule is CC(C)(C)[S@](=O)N[C@@H]1c2ccccc2O[C@H]1C(=O)c1ccccc1. The van der Waals surface area contributed by atoms with Crippen molar-refractivity contribution in [3.8, 4) is 5.75 Å². The predicted molar refractivity (Wildman–Crippen MR) is 95.4 cm³/mol. The Bertz CT molecular complexity index is 768. The molecule has 0 amide bonds. The van der Waals surface area contributed by atoms with Crippen LogP contribution in [0.25, 0.3) is 0 Å². The minimum absolute atomic E-state index is 0.116. The number of ether oxygens (including phenoxy) is 1. The normalized spacial score (nSPS) is 21.0. The standard InChI is InChI=1S/C19H21NO3S/c1-19(2,3)24(22)20-16-14-11-7-8-12-15(14)23-18(16)17(21)13-9-5-4-6-10-13/h4-12,16,18,20H,1-3H3/t16-,18-,24+/m1/s1. The molecule has 0 spiro atoms. The van der Waals surface area contributed by atoms with Gasteiger partial charge in [-0.15, -0.1) is 0 Å². The third kappa shape index (κ3) is 3.28. The van der Waals surface area contributed by atoms with Gasteiger partial charge in [-0.25, -0.2) is 8.93 Å². The van der Waals surface area contributed by atoms with Crippen molar-refractivity contribution in [2.75, 3.05) is 0 Å². The number of nitrogens with one attached hydrogen (secondary N) is 1. The maximum absolute atomic E-state index is 12.9. The summed E-state index contributed by atoms with van der Waals surface area (Å²) in [5.41, 5.74) is 1.45. The minimum Gasteiger partial charge on any atom is -0.480 e. The summed E-state index contributed by atoms with van der Waals surface area (Å²) in [5, 5.41) is 0. The van der Waals surface area contributed by atoms with Crippen LogP contribution in [0.2, 0.25) is 0 Å². The first-order valence-corrected chi connectivity index (χ1v) is 9.06. The van der Waals surface area contributed by atoms with Gasteiger partial charge in [-0.2, -0.15) is 0 Å². The van der Waals surface area contributed by atoms with Crippen LogP contribution in [0.15, 0.2) is 54.6 Å². The molecule has 5 heteroatoms. The largest absolute Gasteiger partial charge is 0.480 e. The zero-order valence-corrected chi connectivity index (χ0v) is 14.8. The van der Waals surface area contributed by atoms with Crippen LogP contribution in [0.1, 0.15) is 42.7 Å². The Kier molecular flexibility index (Phi) is 4.56. The van der Waals surface area contributed by atoms with E-state index in [0.29, 0.717) is 11.3 Å². The molecular formula is C19H21NO3S. The van der Waals surface area contributed by atoms with Gasteiger partial charge >= 0.3 is 0 Å². The van der Waals surface area contributed by atoms with Gasteiger partial charge in [0.05, 0.1) is 21.8 Å². The monoisotopic (exact) mass is 343 g/mol. The average Bonchev–Trinajstić information content (AvgIpc) is 2.93. The Labute approximate surface area is 144 Å². The van der Waals surface area contributed by atoms with Crippen LogP contribution in [0.3, 0.4) is 0 Å². The lowest BCUT2D eigenvalue weighted by Crippen LogP contribution is -2.42. The van der Waals surface area contributed by atoms with Crippen LogP contribution >= 0.6 is 0 Å². The summed E-state index contributed by atoms with van der Waals surface area (Å²) in [6.45, 7) is 5.68. The molecule has 3 rings (SSSR count). The number of ketones is 1. The van der Waals surface area contributed by atoms with E-state index in [0.717, 1.165) is 5.56 Å². The van der Waals surface area contributed by atoms with E-state index in [1.165, 1.54) is 0 Å². The summed E-state index contributed by atoms with van der Waals surface area (Å²) >= 11 is 0. The Morgan fingerprint density at radius 2 is 1.67 bits per heavy atom. The van der Waals surface area contributed by atoms with E-state index in [4.69, 9.17) is 4.74 Å². The fourth-order valence-corrected chi connectivity index (χ4v) is 3.44. The Balaban J connectivity index is 1.94. The van der Waals surface area contributed by atoms with Gasteiger partial charge in [0.1, 0.15) is 5.75 Å². The molecule has 1 heterocycles. The summed E-state index contributed by atoms with van der Waals surface area (Å²) in [7, 11) is -1.31. The van der Waals surface area contributed by atoms with Crippen LogP contribution < -0.4 is 9.46 Å². The molecule has 0 fully saturated rings. The first-order valence-electron chi connectivity index (χ1n) is 7.91. The van der Waals surface area contributed by atoms with Crippen molar-refractivity contribution in [1.82, 2.24) is 4.72 Å². The molecule has 3 atom stereocenters. The Morgan fingerprint density at radius 3 is 2.33 bits per heavy atom. The van der Waals surface area contributed by atoms with Crippen LogP contribution in [0, 0.1) is 0 Å². The molecule has 24 heavy (non-hydrogen) atoms. The first kappa shape index (κ1) is 16.9. The van der Waals surface area contributed by atoms with Gasteiger partial charge in [0.25, 0.3) is 0 Å². The van der Waals surface area contributed by atoms with Crippen molar-refractivity contribution in [2.45, 2.75) is 37.7 Å². The molecule has 0 radical (unpaired) electrons. The van der Waals surface area contributed by atoms with E-state index in [1.807, 2.05) is 63.2 Å². The molecule has 0 aromatic heterocycles. The molecule has 0 saturated heterocycles. The number of hydrogen-bond acceptors (Lipinski definition) is 3.